The maximum Gasteiger partial charge on any atom is 0.341 e. The topological polar surface area (TPSA) is 99.6 Å². The predicted molar refractivity (Wildman–Crippen MR) is 114 cm³/mol. The van der Waals surface area contributed by atoms with Gasteiger partial charge in [0.2, 0.25) is 0 Å². The predicted octanol–water partition coefficient (Wildman–Crippen LogP) is 3.86. The highest BCUT2D eigenvalue weighted by Crippen LogP contribution is 2.28. The van der Waals surface area contributed by atoms with Crippen LogP contribution < -0.4 is 5.63 Å². The zero-order valence-electron chi connectivity index (χ0n) is 16.9. The van der Waals surface area contributed by atoms with E-state index in [0.29, 0.717) is 28.2 Å². The van der Waals surface area contributed by atoms with Crippen LogP contribution >= 0.6 is 0 Å². The molecule has 0 spiro atoms. The average Bonchev–Trinajstić information content (AvgIpc) is 3.24. The quantitative estimate of drug-likeness (QED) is 0.250. The van der Waals surface area contributed by atoms with Crippen LogP contribution in [-0.4, -0.2) is 25.6 Å². The lowest BCUT2D eigenvalue weighted by atomic mass is 10.0. The number of esters is 1. The van der Waals surface area contributed by atoms with Crippen molar-refractivity contribution in [2.75, 3.05) is 0 Å². The number of carbonyl (C=O) groups excluding carboxylic acids is 1. The second kappa shape index (κ2) is 7.32. The van der Waals surface area contributed by atoms with Gasteiger partial charge in [-0.25, -0.2) is 19.1 Å². The fourth-order valence-corrected chi connectivity index (χ4v) is 3.86. The molecule has 0 aliphatic carbocycles. The lowest BCUT2D eigenvalue weighted by Crippen LogP contribution is -2.15. The highest BCUT2D eigenvalue weighted by atomic mass is 16.5. The Kier molecular flexibility index (Phi) is 4.47. The van der Waals surface area contributed by atoms with Crippen molar-refractivity contribution in [1.82, 2.24) is 19.6 Å². The third-order valence-electron chi connectivity index (χ3n) is 5.18. The molecular formula is C23H18N4O4. The van der Waals surface area contributed by atoms with E-state index in [1.54, 1.807) is 10.6 Å². The number of nitrogens with zero attached hydrogens (tertiary/aromatic N) is 4. The summed E-state index contributed by atoms with van der Waals surface area (Å²) in [6.45, 7) is 3.83. The fraction of sp³-hybridized carbons (Fsp3) is 0.174. The maximum atomic E-state index is 13.0. The first kappa shape index (κ1) is 18.9. The van der Waals surface area contributed by atoms with E-state index in [-0.39, 0.29) is 12.5 Å². The van der Waals surface area contributed by atoms with E-state index in [1.807, 2.05) is 44.2 Å². The van der Waals surface area contributed by atoms with Gasteiger partial charge in [0.15, 0.2) is 0 Å². The van der Waals surface area contributed by atoms with Crippen molar-refractivity contribution in [3.8, 4) is 0 Å². The van der Waals surface area contributed by atoms with E-state index < -0.39 is 11.6 Å². The Labute approximate surface area is 176 Å². The molecule has 31 heavy (non-hydrogen) atoms. The number of hydrogen-bond donors (Lipinski definition) is 0. The van der Waals surface area contributed by atoms with Crippen LogP contribution in [0.1, 0.15) is 41.4 Å². The molecule has 0 aliphatic rings. The smallest absolute Gasteiger partial charge is 0.341 e. The molecule has 3 aromatic heterocycles. The van der Waals surface area contributed by atoms with Crippen molar-refractivity contribution >= 4 is 33.5 Å². The van der Waals surface area contributed by atoms with Crippen LogP contribution in [0.25, 0.3) is 27.5 Å². The Bertz CT molecular complexity index is 1520. The summed E-state index contributed by atoms with van der Waals surface area (Å²) in [4.78, 5) is 33.3. The lowest BCUT2D eigenvalue weighted by molar-refractivity contribution is 0.0470. The second-order valence-corrected chi connectivity index (χ2v) is 7.51. The van der Waals surface area contributed by atoms with Gasteiger partial charge in [0.1, 0.15) is 18.5 Å². The normalized spacial score (nSPS) is 11.6. The van der Waals surface area contributed by atoms with Crippen molar-refractivity contribution in [3.63, 3.8) is 0 Å². The highest BCUT2D eigenvalue weighted by Gasteiger charge is 2.21. The molecular weight excluding hydrogens is 396 g/mol. The summed E-state index contributed by atoms with van der Waals surface area (Å²) in [5, 5.41) is 6.84. The molecule has 3 heterocycles. The number of rotatable bonds is 4. The summed E-state index contributed by atoms with van der Waals surface area (Å²) < 4.78 is 12.5. The van der Waals surface area contributed by atoms with Crippen LogP contribution in [-0.2, 0) is 11.3 Å². The van der Waals surface area contributed by atoms with Gasteiger partial charge in [-0.15, -0.1) is 0 Å². The van der Waals surface area contributed by atoms with Gasteiger partial charge >= 0.3 is 11.6 Å². The Morgan fingerprint density at radius 2 is 2.00 bits per heavy atom. The SMILES string of the molecule is CC(C)c1c(C(=O)OCc2cc(=O)oc3ccc4ccccc4c23)cnc2ncnn12. The number of aromatic nitrogens is 4. The summed E-state index contributed by atoms with van der Waals surface area (Å²) in [6.07, 6.45) is 2.85. The third kappa shape index (κ3) is 3.22. The molecule has 5 rings (SSSR count). The van der Waals surface area contributed by atoms with Crippen LogP contribution in [0.3, 0.4) is 0 Å². The van der Waals surface area contributed by atoms with Crippen molar-refractivity contribution < 1.29 is 13.9 Å². The first-order chi connectivity index (χ1) is 15.0. The minimum Gasteiger partial charge on any atom is -0.457 e. The van der Waals surface area contributed by atoms with Gasteiger partial charge in [-0.1, -0.05) is 44.2 Å². The van der Waals surface area contributed by atoms with Gasteiger partial charge in [-0.2, -0.15) is 10.1 Å². The highest BCUT2D eigenvalue weighted by molar-refractivity contribution is 6.07. The van der Waals surface area contributed by atoms with Crippen molar-refractivity contribution in [3.05, 3.63) is 82.2 Å². The third-order valence-corrected chi connectivity index (χ3v) is 5.18. The zero-order valence-corrected chi connectivity index (χ0v) is 16.9. The average molecular weight is 414 g/mol. The molecule has 0 radical (unpaired) electrons. The van der Waals surface area contributed by atoms with Gasteiger partial charge in [0.25, 0.3) is 5.78 Å². The van der Waals surface area contributed by atoms with Crippen molar-refractivity contribution in [1.29, 1.82) is 0 Å². The van der Waals surface area contributed by atoms with E-state index in [0.717, 1.165) is 16.2 Å². The maximum absolute atomic E-state index is 13.0. The molecule has 8 heteroatoms. The van der Waals surface area contributed by atoms with Gasteiger partial charge in [0.05, 0.1) is 11.3 Å². The second-order valence-electron chi connectivity index (χ2n) is 7.51. The van der Waals surface area contributed by atoms with Crippen LogP contribution in [0.15, 0.2) is 64.2 Å². The largest absolute Gasteiger partial charge is 0.457 e. The fourth-order valence-electron chi connectivity index (χ4n) is 3.86. The summed E-state index contributed by atoms with van der Waals surface area (Å²) in [7, 11) is 0. The van der Waals surface area contributed by atoms with Gasteiger partial charge < -0.3 is 9.15 Å². The van der Waals surface area contributed by atoms with Crippen molar-refractivity contribution in [2.45, 2.75) is 26.4 Å². The number of hydrogen-bond acceptors (Lipinski definition) is 7. The van der Waals surface area contributed by atoms with E-state index in [1.165, 1.54) is 18.6 Å². The Hall–Kier alpha value is -4.07. The molecule has 0 saturated carbocycles. The molecule has 0 fully saturated rings. The van der Waals surface area contributed by atoms with Crippen LogP contribution in [0.2, 0.25) is 0 Å². The molecule has 0 bridgehead atoms. The molecule has 8 nitrogen and oxygen atoms in total. The van der Waals surface area contributed by atoms with Gasteiger partial charge in [-0.3, -0.25) is 0 Å². The van der Waals surface area contributed by atoms with Gasteiger partial charge in [-0.05, 0) is 22.8 Å². The molecule has 0 aliphatic heterocycles. The van der Waals surface area contributed by atoms with E-state index in [4.69, 9.17) is 9.15 Å². The summed E-state index contributed by atoms with van der Waals surface area (Å²) in [5.41, 5.74) is 1.51. The monoisotopic (exact) mass is 414 g/mol. The van der Waals surface area contributed by atoms with Crippen LogP contribution in [0.4, 0.5) is 0 Å². The first-order valence-corrected chi connectivity index (χ1v) is 9.83. The number of benzene rings is 2. The Morgan fingerprint density at radius 1 is 1.16 bits per heavy atom. The van der Waals surface area contributed by atoms with Crippen LogP contribution in [0, 0.1) is 0 Å². The molecule has 0 atom stereocenters. The molecule has 154 valence electrons. The first-order valence-electron chi connectivity index (χ1n) is 9.83. The summed E-state index contributed by atoms with van der Waals surface area (Å²) in [5.74, 6) is -0.142. The van der Waals surface area contributed by atoms with E-state index in [9.17, 15) is 9.59 Å². The van der Waals surface area contributed by atoms with Gasteiger partial charge in [0, 0.05) is 23.2 Å². The minimum atomic E-state index is -0.546. The summed E-state index contributed by atoms with van der Waals surface area (Å²) in [6, 6.07) is 12.8. The molecule has 0 saturated heterocycles. The van der Waals surface area contributed by atoms with E-state index >= 15 is 0 Å². The number of carbonyl (C=O) groups is 1. The van der Waals surface area contributed by atoms with E-state index in [2.05, 4.69) is 15.1 Å². The standard InChI is InChI=1S/C23H18N4O4/c1-13(2)21-17(10-24-23-25-12-26-27(21)23)22(29)30-11-15-9-19(28)31-18-8-7-14-5-3-4-6-16(14)20(15)18/h3-10,12-13H,11H2,1-2H3. The molecule has 0 amide bonds. The minimum absolute atomic E-state index is 0.0108. The van der Waals surface area contributed by atoms with Crippen LogP contribution in [0.5, 0.6) is 0 Å². The number of fused-ring (bicyclic) bond motifs is 4. The zero-order chi connectivity index (χ0) is 21.5. The molecule has 0 unspecified atom stereocenters. The molecule has 2 aromatic carbocycles. The molecule has 0 N–H and O–H groups in total. The van der Waals surface area contributed by atoms with Crippen molar-refractivity contribution in [2.24, 2.45) is 0 Å². The Balaban J connectivity index is 1.55. The molecule has 5 aromatic rings. The lowest BCUT2D eigenvalue weighted by Gasteiger charge is -2.14. The Morgan fingerprint density at radius 3 is 2.84 bits per heavy atom. The number of ether oxygens (including phenoxy) is 1. The summed E-state index contributed by atoms with van der Waals surface area (Å²) >= 11 is 0.